The van der Waals surface area contributed by atoms with Gasteiger partial charge in [-0.15, -0.1) is 0 Å². The normalized spacial score (nSPS) is 11.9. The predicted molar refractivity (Wildman–Crippen MR) is 111 cm³/mol. The lowest BCUT2D eigenvalue weighted by molar-refractivity contribution is -0.123. The number of likely N-dealkylation sites (N-methyl/N-ethyl adjacent to an activating group) is 1. The lowest BCUT2D eigenvalue weighted by atomic mass is 10.2. The van der Waals surface area contributed by atoms with Gasteiger partial charge in [0.1, 0.15) is 23.0 Å². The molecule has 1 atom stereocenters. The van der Waals surface area contributed by atoms with Gasteiger partial charge >= 0.3 is 0 Å². The van der Waals surface area contributed by atoms with E-state index in [1.807, 2.05) is 74.4 Å². The average molecular weight is 394 g/mol. The quantitative estimate of drug-likeness (QED) is 0.590. The van der Waals surface area contributed by atoms with E-state index in [0.717, 1.165) is 11.5 Å². The van der Waals surface area contributed by atoms with Gasteiger partial charge in [0.15, 0.2) is 6.61 Å². The number of hydrogen-bond donors (Lipinski definition) is 1. The lowest BCUT2D eigenvalue weighted by Gasteiger charge is -2.22. The minimum atomic E-state index is -0.191. The minimum Gasteiger partial charge on any atom is -0.484 e. The zero-order valence-electron chi connectivity index (χ0n) is 16.9. The number of nitrogens with one attached hydrogen (secondary N) is 1. The van der Waals surface area contributed by atoms with Gasteiger partial charge in [0.05, 0.1) is 12.3 Å². The molecular formula is C23H26N2O4. The van der Waals surface area contributed by atoms with Gasteiger partial charge < -0.3 is 19.2 Å². The highest BCUT2D eigenvalue weighted by atomic mass is 16.5. The first-order valence-electron chi connectivity index (χ1n) is 9.45. The maximum atomic E-state index is 12.1. The van der Waals surface area contributed by atoms with E-state index in [9.17, 15) is 4.79 Å². The summed E-state index contributed by atoms with van der Waals surface area (Å²) < 4.78 is 16.8. The molecule has 1 N–H and O–H groups in total. The molecule has 1 heterocycles. The van der Waals surface area contributed by atoms with E-state index >= 15 is 0 Å². The van der Waals surface area contributed by atoms with Gasteiger partial charge in [0.2, 0.25) is 0 Å². The molecule has 1 unspecified atom stereocenters. The van der Waals surface area contributed by atoms with Crippen molar-refractivity contribution in [2.24, 2.45) is 0 Å². The highest BCUT2D eigenvalue weighted by molar-refractivity contribution is 5.77. The second-order valence-electron chi connectivity index (χ2n) is 6.97. The number of carbonyl (C=O) groups excluding carboxylic acids is 1. The zero-order chi connectivity index (χ0) is 20.6. The largest absolute Gasteiger partial charge is 0.484 e. The molecule has 0 spiro atoms. The average Bonchev–Trinajstić information content (AvgIpc) is 3.23. The first-order chi connectivity index (χ1) is 14.0. The van der Waals surface area contributed by atoms with Crippen LogP contribution in [0.15, 0.2) is 71.3 Å². The summed E-state index contributed by atoms with van der Waals surface area (Å²) in [5, 5.41) is 2.88. The number of hydrogen-bond acceptors (Lipinski definition) is 5. The van der Waals surface area contributed by atoms with Crippen molar-refractivity contribution < 1.29 is 18.7 Å². The molecule has 6 heteroatoms. The number of nitrogens with zero attached hydrogens (tertiary/aromatic N) is 1. The molecule has 2 aromatic carbocycles. The SMILES string of the molecule is Cc1ccc(Oc2ccc(OCC(=O)NCC(c3ccco3)N(C)C)cc2)cc1. The van der Waals surface area contributed by atoms with E-state index in [-0.39, 0.29) is 18.6 Å². The van der Waals surface area contributed by atoms with Crippen LogP contribution < -0.4 is 14.8 Å². The lowest BCUT2D eigenvalue weighted by Crippen LogP contribution is -2.36. The van der Waals surface area contributed by atoms with Gasteiger partial charge in [-0.25, -0.2) is 0 Å². The molecule has 0 saturated heterocycles. The minimum absolute atomic E-state index is 0.0350. The number of rotatable bonds is 9. The first kappa shape index (κ1) is 20.5. The van der Waals surface area contributed by atoms with Crippen LogP contribution in [0, 0.1) is 6.92 Å². The van der Waals surface area contributed by atoms with Crippen molar-refractivity contribution in [3.63, 3.8) is 0 Å². The van der Waals surface area contributed by atoms with E-state index in [2.05, 4.69) is 5.32 Å². The van der Waals surface area contributed by atoms with E-state index in [0.29, 0.717) is 18.0 Å². The van der Waals surface area contributed by atoms with Gasteiger partial charge in [0.25, 0.3) is 5.91 Å². The van der Waals surface area contributed by atoms with Crippen molar-refractivity contribution in [2.75, 3.05) is 27.2 Å². The molecule has 3 rings (SSSR count). The third kappa shape index (κ3) is 6.12. The van der Waals surface area contributed by atoms with Crippen molar-refractivity contribution >= 4 is 5.91 Å². The van der Waals surface area contributed by atoms with E-state index in [1.165, 1.54) is 5.56 Å². The number of ether oxygens (including phenoxy) is 2. The van der Waals surface area contributed by atoms with E-state index < -0.39 is 0 Å². The fraction of sp³-hybridized carbons (Fsp3) is 0.261. The standard InChI is InChI=1S/C23H26N2O4/c1-17-6-8-19(9-7-17)29-20-12-10-18(11-13-20)28-16-23(26)24-15-21(25(2)3)22-5-4-14-27-22/h4-14,21H,15-16H2,1-3H3,(H,24,26). The van der Waals surface area contributed by atoms with Crippen LogP contribution in [-0.4, -0.2) is 38.1 Å². The molecule has 3 aromatic rings. The Kier molecular flexibility index (Phi) is 6.92. The van der Waals surface area contributed by atoms with Crippen LogP contribution in [0.4, 0.5) is 0 Å². The van der Waals surface area contributed by atoms with Crippen molar-refractivity contribution in [1.29, 1.82) is 0 Å². The molecule has 0 radical (unpaired) electrons. The van der Waals surface area contributed by atoms with Crippen LogP contribution in [0.25, 0.3) is 0 Å². The number of carbonyl (C=O) groups is 1. The van der Waals surface area contributed by atoms with E-state index in [4.69, 9.17) is 13.9 Å². The molecule has 6 nitrogen and oxygen atoms in total. The van der Waals surface area contributed by atoms with Crippen LogP contribution in [0.2, 0.25) is 0 Å². The highest BCUT2D eigenvalue weighted by Crippen LogP contribution is 2.24. The second kappa shape index (κ2) is 9.80. The highest BCUT2D eigenvalue weighted by Gasteiger charge is 2.17. The molecule has 1 aromatic heterocycles. The number of amides is 1. The molecule has 29 heavy (non-hydrogen) atoms. The maximum Gasteiger partial charge on any atom is 0.258 e. The molecule has 1 amide bonds. The van der Waals surface area contributed by atoms with Crippen molar-refractivity contribution in [3.05, 3.63) is 78.3 Å². The molecular weight excluding hydrogens is 368 g/mol. The third-order valence-corrected chi connectivity index (χ3v) is 4.44. The topological polar surface area (TPSA) is 63.9 Å². The fourth-order valence-corrected chi connectivity index (χ4v) is 2.78. The number of aryl methyl sites for hydroxylation is 1. The number of furan rings is 1. The Bertz CT molecular complexity index is 888. The Labute approximate surface area is 171 Å². The Morgan fingerprint density at radius 2 is 1.62 bits per heavy atom. The smallest absolute Gasteiger partial charge is 0.258 e. The predicted octanol–water partition coefficient (Wildman–Crippen LogP) is 4.18. The van der Waals surface area contributed by atoms with Gasteiger partial charge in [-0.05, 0) is 69.6 Å². The second-order valence-corrected chi connectivity index (χ2v) is 6.97. The molecule has 152 valence electrons. The summed E-state index contributed by atoms with van der Waals surface area (Å²) >= 11 is 0. The molecule has 0 aliphatic carbocycles. The summed E-state index contributed by atoms with van der Waals surface area (Å²) in [4.78, 5) is 14.1. The fourth-order valence-electron chi connectivity index (χ4n) is 2.78. The summed E-state index contributed by atoms with van der Waals surface area (Å²) in [7, 11) is 3.88. The summed E-state index contributed by atoms with van der Waals surface area (Å²) in [5.41, 5.74) is 1.18. The van der Waals surface area contributed by atoms with Crippen LogP contribution >= 0.6 is 0 Å². The molecule has 0 bridgehead atoms. The monoisotopic (exact) mass is 394 g/mol. The van der Waals surface area contributed by atoms with Crippen molar-refractivity contribution in [1.82, 2.24) is 10.2 Å². The molecule has 0 aliphatic heterocycles. The summed E-state index contributed by atoms with van der Waals surface area (Å²) in [6, 6.07) is 18.7. The van der Waals surface area contributed by atoms with Crippen molar-refractivity contribution in [2.45, 2.75) is 13.0 Å². The Hall–Kier alpha value is -3.25. The van der Waals surface area contributed by atoms with Crippen LogP contribution in [-0.2, 0) is 4.79 Å². The van der Waals surface area contributed by atoms with E-state index in [1.54, 1.807) is 18.4 Å². The third-order valence-electron chi connectivity index (χ3n) is 4.44. The summed E-state index contributed by atoms with van der Waals surface area (Å²) in [6.45, 7) is 2.41. The van der Waals surface area contributed by atoms with Gasteiger partial charge in [-0.1, -0.05) is 17.7 Å². The summed E-state index contributed by atoms with van der Waals surface area (Å²) in [6.07, 6.45) is 1.63. The van der Waals surface area contributed by atoms with Crippen LogP contribution in [0.5, 0.6) is 17.2 Å². The van der Waals surface area contributed by atoms with Gasteiger partial charge in [0, 0.05) is 6.54 Å². The Morgan fingerprint density at radius 1 is 1.00 bits per heavy atom. The Balaban J connectivity index is 1.45. The number of benzene rings is 2. The van der Waals surface area contributed by atoms with Crippen LogP contribution in [0.3, 0.4) is 0 Å². The van der Waals surface area contributed by atoms with Gasteiger partial charge in [-0.2, -0.15) is 0 Å². The molecule has 0 saturated carbocycles. The molecule has 0 fully saturated rings. The molecule has 0 aliphatic rings. The Morgan fingerprint density at radius 3 is 2.21 bits per heavy atom. The van der Waals surface area contributed by atoms with Crippen LogP contribution in [0.1, 0.15) is 17.4 Å². The first-order valence-corrected chi connectivity index (χ1v) is 9.45. The maximum absolute atomic E-state index is 12.1. The summed E-state index contributed by atoms with van der Waals surface area (Å²) in [5.74, 6) is 2.70. The zero-order valence-corrected chi connectivity index (χ0v) is 16.9. The van der Waals surface area contributed by atoms with Gasteiger partial charge in [-0.3, -0.25) is 9.69 Å². The van der Waals surface area contributed by atoms with Crippen molar-refractivity contribution in [3.8, 4) is 17.2 Å².